The summed E-state index contributed by atoms with van der Waals surface area (Å²) in [5, 5.41) is 0.0988. The van der Waals surface area contributed by atoms with Crippen LogP contribution in [0.1, 0.15) is 0 Å². The number of H-pyrrole nitrogens is 1. The third kappa shape index (κ3) is 1.92. The first-order valence-corrected chi connectivity index (χ1v) is 6.74. The Morgan fingerprint density at radius 1 is 1.27 bits per heavy atom. The van der Waals surface area contributed by atoms with Gasteiger partial charge in [0, 0.05) is 10.7 Å². The van der Waals surface area contributed by atoms with Crippen molar-refractivity contribution in [2.45, 2.75) is 4.90 Å². The van der Waals surface area contributed by atoms with E-state index in [0.29, 0.717) is 5.52 Å². The summed E-state index contributed by atoms with van der Waals surface area (Å²) in [6.45, 7) is 0. The quantitative estimate of drug-likeness (QED) is 0.820. The lowest BCUT2D eigenvalue weighted by atomic mass is 10.3. The molecular weight excluding hydrogens is 283 g/mol. The lowest BCUT2D eigenvalue weighted by Gasteiger charge is -1.99. The van der Waals surface area contributed by atoms with Crippen molar-refractivity contribution in [3.63, 3.8) is 0 Å². The summed E-state index contributed by atoms with van der Waals surface area (Å²) in [6, 6.07) is 2.79. The predicted molar refractivity (Wildman–Crippen MR) is 59.2 cm³/mol. The minimum absolute atomic E-state index is 0.0364. The lowest BCUT2D eigenvalue weighted by molar-refractivity contribution is 0.609. The molecule has 1 N–H and O–H groups in total. The lowest BCUT2D eigenvalue weighted by Crippen LogP contribution is -1.92. The van der Waals surface area contributed by atoms with E-state index in [-0.39, 0.29) is 20.7 Å². The van der Waals surface area contributed by atoms with Crippen LogP contribution in [0.3, 0.4) is 0 Å². The molecule has 0 saturated heterocycles. The van der Waals surface area contributed by atoms with Gasteiger partial charge in [-0.3, -0.25) is 0 Å². The zero-order chi connectivity index (χ0) is 11.2. The van der Waals surface area contributed by atoms with Crippen molar-refractivity contribution < 1.29 is 8.42 Å². The molecule has 1 heterocycles. The fourth-order valence-corrected chi connectivity index (χ4v) is 2.93. The van der Waals surface area contributed by atoms with Gasteiger partial charge in [-0.1, -0.05) is 11.6 Å². The zero-order valence-electron chi connectivity index (χ0n) is 6.96. The Labute approximate surface area is 99.6 Å². The molecule has 80 valence electrons. The molecule has 0 aliphatic carbocycles. The largest absolute Gasteiger partial charge is 0.329 e. The van der Waals surface area contributed by atoms with E-state index < -0.39 is 9.05 Å². The summed E-state index contributed by atoms with van der Waals surface area (Å²) in [5.74, 6) is 0. The second-order valence-corrected chi connectivity index (χ2v) is 6.01. The SMILES string of the molecule is O=S(=O)(Cl)c1ccc2[nH]c(Cl)nc2c1Cl. The van der Waals surface area contributed by atoms with Crippen LogP contribution < -0.4 is 0 Å². The molecule has 4 nitrogen and oxygen atoms in total. The third-order valence-electron chi connectivity index (χ3n) is 1.79. The Kier molecular flexibility index (Phi) is 2.58. The van der Waals surface area contributed by atoms with E-state index in [4.69, 9.17) is 33.9 Å². The Balaban J connectivity index is 2.87. The molecule has 0 atom stereocenters. The average Bonchev–Trinajstić information content (AvgIpc) is 2.44. The molecule has 0 amide bonds. The van der Waals surface area contributed by atoms with Gasteiger partial charge in [0.2, 0.25) is 5.28 Å². The van der Waals surface area contributed by atoms with Gasteiger partial charge in [0.1, 0.15) is 10.4 Å². The highest BCUT2D eigenvalue weighted by Gasteiger charge is 2.18. The van der Waals surface area contributed by atoms with Gasteiger partial charge in [0.15, 0.2) is 0 Å². The van der Waals surface area contributed by atoms with Gasteiger partial charge >= 0.3 is 0 Å². The van der Waals surface area contributed by atoms with Crippen molar-refractivity contribution in [3.8, 4) is 0 Å². The first-order chi connectivity index (χ1) is 6.89. The van der Waals surface area contributed by atoms with Crippen LogP contribution in [-0.4, -0.2) is 18.4 Å². The Bertz CT molecular complexity index is 635. The van der Waals surface area contributed by atoms with Crippen LogP contribution in [0.2, 0.25) is 10.3 Å². The first-order valence-electron chi connectivity index (χ1n) is 3.68. The molecule has 8 heteroatoms. The molecule has 1 aromatic heterocycles. The summed E-state index contributed by atoms with van der Waals surface area (Å²) in [5.41, 5.74) is 0.831. The molecule has 15 heavy (non-hydrogen) atoms. The zero-order valence-corrected chi connectivity index (χ0v) is 10.0. The molecule has 0 aliphatic heterocycles. The normalized spacial score (nSPS) is 12.2. The molecule has 2 rings (SSSR count). The maximum atomic E-state index is 11.1. The number of fused-ring (bicyclic) bond motifs is 1. The average molecular weight is 286 g/mol. The predicted octanol–water partition coefficient (Wildman–Crippen LogP) is 2.80. The third-order valence-corrected chi connectivity index (χ3v) is 3.83. The van der Waals surface area contributed by atoms with Gasteiger partial charge in [-0.25, -0.2) is 13.4 Å². The van der Waals surface area contributed by atoms with Gasteiger partial charge in [0.25, 0.3) is 9.05 Å². The van der Waals surface area contributed by atoms with E-state index in [1.807, 2.05) is 0 Å². The van der Waals surface area contributed by atoms with Crippen molar-refractivity contribution in [2.24, 2.45) is 0 Å². The van der Waals surface area contributed by atoms with Crippen LogP contribution in [0.15, 0.2) is 17.0 Å². The van der Waals surface area contributed by atoms with Crippen LogP contribution in [0.25, 0.3) is 11.0 Å². The van der Waals surface area contributed by atoms with E-state index in [9.17, 15) is 8.42 Å². The van der Waals surface area contributed by atoms with Gasteiger partial charge < -0.3 is 4.98 Å². The summed E-state index contributed by atoms with van der Waals surface area (Å²) in [7, 11) is 1.32. The Morgan fingerprint density at radius 3 is 2.53 bits per heavy atom. The summed E-state index contributed by atoms with van der Waals surface area (Å²) in [6.07, 6.45) is 0. The fourth-order valence-electron chi connectivity index (χ4n) is 1.18. The number of rotatable bonds is 1. The maximum absolute atomic E-state index is 11.1. The van der Waals surface area contributed by atoms with E-state index in [2.05, 4.69) is 9.97 Å². The molecular formula is C7H3Cl3N2O2S. The summed E-state index contributed by atoms with van der Waals surface area (Å²) < 4.78 is 22.2. The highest BCUT2D eigenvalue weighted by atomic mass is 35.7. The van der Waals surface area contributed by atoms with Crippen molar-refractivity contribution in [1.29, 1.82) is 0 Å². The minimum atomic E-state index is -3.87. The molecule has 2 aromatic rings. The number of aromatic nitrogens is 2. The van der Waals surface area contributed by atoms with Crippen molar-refractivity contribution in [2.75, 3.05) is 0 Å². The topological polar surface area (TPSA) is 62.8 Å². The number of halogens is 3. The number of hydrogen-bond acceptors (Lipinski definition) is 3. The van der Waals surface area contributed by atoms with Crippen LogP contribution in [0.5, 0.6) is 0 Å². The smallest absolute Gasteiger partial charge is 0.262 e. The first kappa shape index (κ1) is 11.0. The standard InChI is InChI=1S/C7H3Cl3N2O2S/c8-5-4(15(10,13)14)2-1-3-6(5)12-7(9)11-3/h1-2H,(H,11,12). The van der Waals surface area contributed by atoms with Crippen LogP contribution in [-0.2, 0) is 9.05 Å². The fraction of sp³-hybridized carbons (Fsp3) is 0. The number of benzene rings is 1. The molecule has 0 bridgehead atoms. The van der Waals surface area contributed by atoms with E-state index in [0.717, 1.165) is 0 Å². The Morgan fingerprint density at radius 2 is 1.93 bits per heavy atom. The van der Waals surface area contributed by atoms with Crippen LogP contribution in [0.4, 0.5) is 0 Å². The number of nitrogens with one attached hydrogen (secondary N) is 1. The number of hydrogen-bond donors (Lipinski definition) is 1. The summed E-state index contributed by atoms with van der Waals surface area (Å²) in [4.78, 5) is 6.37. The second-order valence-electron chi connectivity index (χ2n) is 2.74. The number of imidazole rings is 1. The van der Waals surface area contributed by atoms with E-state index in [1.54, 1.807) is 0 Å². The van der Waals surface area contributed by atoms with E-state index in [1.165, 1.54) is 12.1 Å². The molecule has 0 spiro atoms. The van der Waals surface area contributed by atoms with E-state index >= 15 is 0 Å². The monoisotopic (exact) mass is 284 g/mol. The highest BCUT2D eigenvalue weighted by molar-refractivity contribution is 8.13. The summed E-state index contributed by atoms with van der Waals surface area (Å²) >= 11 is 11.4. The van der Waals surface area contributed by atoms with Gasteiger partial charge in [-0.05, 0) is 23.7 Å². The molecule has 0 saturated carbocycles. The van der Waals surface area contributed by atoms with Crippen LogP contribution in [0, 0.1) is 0 Å². The minimum Gasteiger partial charge on any atom is -0.329 e. The molecule has 0 aliphatic rings. The van der Waals surface area contributed by atoms with Crippen molar-refractivity contribution >= 4 is 54.0 Å². The maximum Gasteiger partial charge on any atom is 0.262 e. The van der Waals surface area contributed by atoms with Gasteiger partial charge in [-0.15, -0.1) is 0 Å². The molecule has 0 radical (unpaired) electrons. The number of nitrogens with zero attached hydrogens (tertiary/aromatic N) is 1. The number of aromatic amines is 1. The van der Waals surface area contributed by atoms with Gasteiger partial charge in [-0.2, -0.15) is 0 Å². The van der Waals surface area contributed by atoms with Crippen LogP contribution >= 0.6 is 33.9 Å². The second kappa shape index (κ2) is 3.52. The Hall–Kier alpha value is -0.490. The van der Waals surface area contributed by atoms with Crippen molar-refractivity contribution in [1.82, 2.24) is 9.97 Å². The highest BCUT2D eigenvalue weighted by Crippen LogP contribution is 2.31. The molecule has 0 unspecified atom stereocenters. The van der Waals surface area contributed by atoms with Gasteiger partial charge in [0.05, 0.1) is 10.5 Å². The molecule has 1 aromatic carbocycles. The molecule has 0 fully saturated rings. The van der Waals surface area contributed by atoms with Crippen molar-refractivity contribution in [3.05, 3.63) is 22.4 Å².